The van der Waals surface area contributed by atoms with Gasteiger partial charge in [-0.2, -0.15) is 0 Å². The Labute approximate surface area is 186 Å². The van der Waals surface area contributed by atoms with Gasteiger partial charge in [0.25, 0.3) is 5.56 Å². The molecule has 31 heavy (non-hydrogen) atoms. The van der Waals surface area contributed by atoms with Crippen molar-refractivity contribution in [1.82, 2.24) is 14.9 Å². The second kappa shape index (κ2) is 9.10. The van der Waals surface area contributed by atoms with E-state index in [1.54, 1.807) is 6.20 Å². The number of H-pyrrole nitrogens is 1. The lowest BCUT2D eigenvalue weighted by Gasteiger charge is -2.26. The van der Waals surface area contributed by atoms with Gasteiger partial charge >= 0.3 is 0 Å². The maximum absolute atomic E-state index is 12.9. The Kier molecular flexibility index (Phi) is 6.09. The van der Waals surface area contributed by atoms with Crippen LogP contribution in [0.5, 0.6) is 0 Å². The highest BCUT2D eigenvalue weighted by Gasteiger charge is 2.15. The van der Waals surface area contributed by atoms with E-state index in [0.29, 0.717) is 23.8 Å². The molecule has 5 nitrogen and oxygen atoms in total. The van der Waals surface area contributed by atoms with Gasteiger partial charge in [0.05, 0.1) is 12.1 Å². The van der Waals surface area contributed by atoms with Crippen molar-refractivity contribution in [3.05, 3.63) is 106 Å². The first-order valence-electron chi connectivity index (χ1n) is 10.1. The largest absolute Gasteiger partial charge is 0.340 e. The summed E-state index contributed by atoms with van der Waals surface area (Å²) in [5.41, 5.74) is 5.56. The van der Waals surface area contributed by atoms with E-state index < -0.39 is 0 Å². The van der Waals surface area contributed by atoms with Gasteiger partial charge in [0.1, 0.15) is 0 Å². The zero-order chi connectivity index (χ0) is 21.8. The highest BCUT2D eigenvalue weighted by atomic mass is 32.1. The quantitative estimate of drug-likeness (QED) is 0.441. The molecule has 2 heterocycles. The summed E-state index contributed by atoms with van der Waals surface area (Å²) < 4.78 is 0. The lowest BCUT2D eigenvalue weighted by molar-refractivity contribution is 0.410. The molecule has 2 aromatic heterocycles. The number of para-hydroxylation sites is 1. The number of aryl methyl sites for hydroxylation is 2. The lowest BCUT2D eigenvalue weighted by Crippen LogP contribution is -2.35. The number of fused-ring (bicyclic) bond motifs is 1. The number of hydrogen-bond donors (Lipinski definition) is 2. The van der Waals surface area contributed by atoms with Crippen LogP contribution in [0.2, 0.25) is 0 Å². The molecule has 0 aliphatic carbocycles. The van der Waals surface area contributed by atoms with E-state index in [1.165, 1.54) is 0 Å². The number of benzene rings is 2. The maximum atomic E-state index is 12.9. The van der Waals surface area contributed by atoms with E-state index in [2.05, 4.69) is 28.3 Å². The van der Waals surface area contributed by atoms with Crippen molar-refractivity contribution in [1.29, 1.82) is 0 Å². The number of rotatable bonds is 5. The van der Waals surface area contributed by atoms with Crippen LogP contribution in [0, 0.1) is 13.8 Å². The fourth-order valence-corrected chi connectivity index (χ4v) is 3.82. The predicted octanol–water partition coefficient (Wildman–Crippen LogP) is 4.94. The van der Waals surface area contributed by atoms with E-state index in [0.717, 1.165) is 33.3 Å². The molecule has 2 N–H and O–H groups in total. The molecule has 0 fully saturated rings. The minimum atomic E-state index is -0.0973. The van der Waals surface area contributed by atoms with Gasteiger partial charge in [0.2, 0.25) is 0 Å². The number of aromatic amines is 1. The average Bonchev–Trinajstić information content (AvgIpc) is 2.78. The first kappa shape index (κ1) is 20.8. The Morgan fingerprint density at radius 2 is 1.81 bits per heavy atom. The summed E-state index contributed by atoms with van der Waals surface area (Å²) in [6.45, 7) is 4.98. The summed E-state index contributed by atoms with van der Waals surface area (Å²) in [7, 11) is 0. The number of thiocarbonyl (C=S) groups is 1. The number of hydrogen-bond acceptors (Lipinski definition) is 3. The third-order valence-corrected chi connectivity index (χ3v) is 5.65. The molecule has 0 atom stereocenters. The second-order valence-corrected chi connectivity index (χ2v) is 8.01. The average molecular weight is 429 g/mol. The molecule has 0 aliphatic heterocycles. The van der Waals surface area contributed by atoms with E-state index >= 15 is 0 Å². The Balaban J connectivity index is 1.68. The molecule has 0 unspecified atom stereocenters. The minimum absolute atomic E-state index is 0.0973. The van der Waals surface area contributed by atoms with Crippen LogP contribution < -0.4 is 10.9 Å². The summed E-state index contributed by atoms with van der Waals surface area (Å²) >= 11 is 5.72. The molecule has 0 amide bonds. The van der Waals surface area contributed by atoms with Crippen molar-refractivity contribution >= 4 is 33.9 Å². The molecule has 0 aliphatic rings. The number of nitrogens with zero attached hydrogens (tertiary/aromatic N) is 2. The summed E-state index contributed by atoms with van der Waals surface area (Å²) in [6.07, 6.45) is 3.56. The van der Waals surface area contributed by atoms with Gasteiger partial charge in [-0.3, -0.25) is 9.78 Å². The van der Waals surface area contributed by atoms with Gasteiger partial charge in [0.15, 0.2) is 5.11 Å². The Bertz CT molecular complexity index is 1270. The van der Waals surface area contributed by atoms with Crippen LogP contribution in [-0.4, -0.2) is 20.0 Å². The number of pyridine rings is 2. The maximum Gasteiger partial charge on any atom is 0.253 e. The third kappa shape index (κ3) is 4.81. The monoisotopic (exact) mass is 428 g/mol. The van der Waals surface area contributed by atoms with E-state index in [9.17, 15) is 4.79 Å². The van der Waals surface area contributed by atoms with Crippen molar-refractivity contribution in [3.63, 3.8) is 0 Å². The molecule has 0 bridgehead atoms. The summed E-state index contributed by atoms with van der Waals surface area (Å²) in [4.78, 5) is 22.2. The van der Waals surface area contributed by atoms with Crippen molar-refractivity contribution in [3.8, 4) is 0 Å². The Morgan fingerprint density at radius 1 is 1.03 bits per heavy atom. The SMILES string of the molecule is Cc1ccc(C)c2[nH]c(=O)c(CN(Cc3cccnc3)C(=S)Nc3ccccc3)cc12. The third-order valence-electron chi connectivity index (χ3n) is 5.29. The number of anilines is 1. The molecule has 156 valence electrons. The number of nitrogens with one attached hydrogen (secondary N) is 2. The van der Waals surface area contributed by atoms with Gasteiger partial charge in [0, 0.05) is 35.6 Å². The topological polar surface area (TPSA) is 61.0 Å². The number of aromatic nitrogens is 2. The molecule has 0 radical (unpaired) electrons. The smallest absolute Gasteiger partial charge is 0.253 e. The molecule has 0 saturated heterocycles. The predicted molar refractivity (Wildman–Crippen MR) is 130 cm³/mol. The van der Waals surface area contributed by atoms with E-state index in [-0.39, 0.29) is 5.56 Å². The molecule has 0 saturated carbocycles. The van der Waals surface area contributed by atoms with Gasteiger partial charge in [-0.05, 0) is 67.0 Å². The van der Waals surface area contributed by atoms with Crippen molar-refractivity contribution < 1.29 is 0 Å². The van der Waals surface area contributed by atoms with Crippen molar-refractivity contribution in [2.24, 2.45) is 0 Å². The van der Waals surface area contributed by atoms with Crippen molar-refractivity contribution in [2.45, 2.75) is 26.9 Å². The normalized spacial score (nSPS) is 10.8. The second-order valence-electron chi connectivity index (χ2n) is 7.63. The molecular weight excluding hydrogens is 404 g/mol. The Morgan fingerprint density at radius 3 is 2.55 bits per heavy atom. The van der Waals surface area contributed by atoms with E-state index in [4.69, 9.17) is 12.2 Å². The first-order chi connectivity index (χ1) is 15.0. The fraction of sp³-hybridized carbons (Fsp3) is 0.160. The standard InChI is InChI=1S/C25H24N4OS/c1-17-10-11-18(2)23-22(17)13-20(24(30)28-23)16-29(15-19-7-6-12-26-14-19)25(31)27-21-8-4-3-5-9-21/h3-14H,15-16H2,1-2H3,(H,27,31)(H,28,30). The minimum Gasteiger partial charge on any atom is -0.340 e. The zero-order valence-electron chi connectivity index (χ0n) is 17.6. The fourth-order valence-electron chi connectivity index (χ4n) is 3.58. The molecule has 6 heteroatoms. The van der Waals surface area contributed by atoms with Gasteiger partial charge in [-0.1, -0.05) is 36.4 Å². The highest BCUT2D eigenvalue weighted by molar-refractivity contribution is 7.80. The highest BCUT2D eigenvalue weighted by Crippen LogP contribution is 2.21. The molecule has 4 rings (SSSR count). The van der Waals surface area contributed by atoms with Gasteiger partial charge in [-0.25, -0.2) is 0 Å². The Hall–Kier alpha value is -3.51. The zero-order valence-corrected chi connectivity index (χ0v) is 18.4. The lowest BCUT2D eigenvalue weighted by atomic mass is 10.0. The van der Waals surface area contributed by atoms with Crippen LogP contribution in [-0.2, 0) is 13.1 Å². The van der Waals surface area contributed by atoms with Gasteiger partial charge < -0.3 is 15.2 Å². The molecule has 2 aromatic carbocycles. The molecule has 4 aromatic rings. The molecule has 0 spiro atoms. The van der Waals surface area contributed by atoms with Crippen LogP contribution in [0.4, 0.5) is 5.69 Å². The van der Waals surface area contributed by atoms with Crippen molar-refractivity contribution in [2.75, 3.05) is 5.32 Å². The van der Waals surface area contributed by atoms with Crippen LogP contribution in [0.25, 0.3) is 10.9 Å². The van der Waals surface area contributed by atoms with Crippen LogP contribution in [0.1, 0.15) is 22.3 Å². The summed E-state index contributed by atoms with van der Waals surface area (Å²) in [5.74, 6) is 0. The summed E-state index contributed by atoms with van der Waals surface area (Å²) in [6, 6.07) is 19.8. The van der Waals surface area contributed by atoms with Crippen LogP contribution in [0.15, 0.2) is 77.9 Å². The first-order valence-corrected chi connectivity index (χ1v) is 10.5. The van der Waals surface area contributed by atoms with E-state index in [1.807, 2.05) is 72.6 Å². The van der Waals surface area contributed by atoms with Crippen LogP contribution >= 0.6 is 12.2 Å². The summed E-state index contributed by atoms with van der Waals surface area (Å²) in [5, 5.41) is 4.89. The molecular formula is C25H24N4OS. The van der Waals surface area contributed by atoms with Gasteiger partial charge in [-0.15, -0.1) is 0 Å². The van der Waals surface area contributed by atoms with Crippen LogP contribution in [0.3, 0.4) is 0 Å².